The Bertz CT molecular complexity index is 594. The number of hydrogen-bond donors (Lipinski definition) is 0. The van der Waals surface area contributed by atoms with Crippen molar-refractivity contribution in [2.75, 3.05) is 0 Å². The summed E-state index contributed by atoms with van der Waals surface area (Å²) in [5.74, 6) is -0.180. The van der Waals surface area contributed by atoms with Crippen LogP contribution in [0.25, 0.3) is 0 Å². The van der Waals surface area contributed by atoms with Crippen LogP contribution in [0.15, 0.2) is 42.5 Å². The molecule has 1 heterocycles. The maximum absolute atomic E-state index is 12.7. The quantitative estimate of drug-likeness (QED) is 0.785. The summed E-state index contributed by atoms with van der Waals surface area (Å²) in [4.78, 5) is 30.8. The number of allylic oxidation sites excluding steroid dienone is 1. The average molecular weight is 299 g/mol. The molecule has 1 amide bonds. The molecule has 1 aliphatic heterocycles. The van der Waals surface area contributed by atoms with Gasteiger partial charge in [-0.05, 0) is 17.9 Å². The molecule has 1 aliphatic carbocycles. The predicted octanol–water partition coefficient (Wildman–Crippen LogP) is 2.75. The van der Waals surface area contributed by atoms with Crippen LogP contribution >= 0.6 is 0 Å². The molecule has 22 heavy (non-hydrogen) atoms. The summed E-state index contributed by atoms with van der Waals surface area (Å²) in [6, 6.07) is 9.11. The molecule has 1 aromatic carbocycles. The van der Waals surface area contributed by atoms with Crippen LogP contribution < -0.4 is 0 Å². The van der Waals surface area contributed by atoms with Gasteiger partial charge in [-0.25, -0.2) is 5.06 Å². The second-order valence-electron chi connectivity index (χ2n) is 6.42. The highest BCUT2D eigenvalue weighted by atomic mass is 16.7. The van der Waals surface area contributed by atoms with E-state index in [2.05, 4.69) is 13.8 Å². The number of carbonyl (C=O) groups is 2. The van der Waals surface area contributed by atoms with Gasteiger partial charge in [0.1, 0.15) is 12.6 Å². The number of carbonyl (C=O) groups excluding carboxylic acids is 2. The number of Topliss-reactive ketones (excluding diaryl/α,β-unsaturated/α-hetero) is 1. The first-order valence-electron chi connectivity index (χ1n) is 7.80. The second kappa shape index (κ2) is 6.05. The van der Waals surface area contributed by atoms with E-state index in [1.807, 2.05) is 36.4 Å². The fourth-order valence-corrected chi connectivity index (χ4v) is 3.21. The molecule has 1 saturated heterocycles. The van der Waals surface area contributed by atoms with Crippen LogP contribution in [0.2, 0.25) is 0 Å². The highest BCUT2D eigenvalue weighted by Crippen LogP contribution is 2.36. The van der Waals surface area contributed by atoms with Crippen LogP contribution in [-0.4, -0.2) is 22.8 Å². The van der Waals surface area contributed by atoms with E-state index in [0.717, 1.165) is 5.56 Å². The number of benzene rings is 1. The fraction of sp³-hybridized carbons (Fsp3) is 0.444. The number of amides is 1. The minimum absolute atomic E-state index is 0.0655. The summed E-state index contributed by atoms with van der Waals surface area (Å²) in [5, 5.41) is 1.29. The van der Waals surface area contributed by atoms with Crippen LogP contribution in [0.4, 0.5) is 0 Å². The lowest BCUT2D eigenvalue weighted by atomic mass is 9.81. The third-order valence-electron chi connectivity index (χ3n) is 4.28. The molecule has 2 bridgehead atoms. The Kier molecular flexibility index (Phi) is 4.12. The topological polar surface area (TPSA) is 46.6 Å². The van der Waals surface area contributed by atoms with E-state index in [4.69, 9.17) is 4.84 Å². The molecule has 116 valence electrons. The van der Waals surface area contributed by atoms with Crippen molar-refractivity contribution in [1.82, 2.24) is 5.06 Å². The lowest BCUT2D eigenvalue weighted by Crippen LogP contribution is -2.53. The minimum Gasteiger partial charge on any atom is -0.296 e. The van der Waals surface area contributed by atoms with Gasteiger partial charge in [-0.3, -0.25) is 14.4 Å². The Balaban J connectivity index is 1.76. The fourth-order valence-electron chi connectivity index (χ4n) is 3.21. The number of hydrogen-bond acceptors (Lipinski definition) is 3. The van der Waals surface area contributed by atoms with Crippen molar-refractivity contribution in [3.63, 3.8) is 0 Å². The van der Waals surface area contributed by atoms with Crippen LogP contribution in [0.5, 0.6) is 0 Å². The van der Waals surface area contributed by atoms with E-state index in [9.17, 15) is 9.59 Å². The molecule has 0 spiro atoms. The molecule has 3 atom stereocenters. The van der Waals surface area contributed by atoms with Crippen molar-refractivity contribution in [3.05, 3.63) is 48.0 Å². The maximum atomic E-state index is 12.7. The van der Waals surface area contributed by atoms with Gasteiger partial charge in [-0.2, -0.15) is 0 Å². The second-order valence-corrected chi connectivity index (χ2v) is 6.42. The third kappa shape index (κ3) is 2.71. The molecule has 0 saturated carbocycles. The molecule has 0 N–H and O–H groups in total. The number of nitrogens with zero attached hydrogens (tertiary/aromatic N) is 1. The first-order valence-corrected chi connectivity index (χ1v) is 7.80. The van der Waals surface area contributed by atoms with Gasteiger partial charge in [0.15, 0.2) is 5.78 Å². The molecule has 0 aromatic heterocycles. The van der Waals surface area contributed by atoms with Gasteiger partial charge in [0.2, 0.25) is 0 Å². The Labute approximate surface area is 130 Å². The van der Waals surface area contributed by atoms with Crippen molar-refractivity contribution < 1.29 is 14.4 Å². The number of piperidine rings is 1. The summed E-state index contributed by atoms with van der Waals surface area (Å²) < 4.78 is 0. The maximum Gasteiger partial charge on any atom is 0.251 e. The van der Waals surface area contributed by atoms with Crippen LogP contribution in [-0.2, 0) is 21.0 Å². The Morgan fingerprint density at radius 2 is 1.86 bits per heavy atom. The lowest BCUT2D eigenvalue weighted by Gasteiger charge is -2.36. The molecule has 3 rings (SSSR count). The molecular weight excluding hydrogens is 278 g/mol. The van der Waals surface area contributed by atoms with Gasteiger partial charge in [0.05, 0.1) is 11.8 Å². The van der Waals surface area contributed by atoms with Gasteiger partial charge in [-0.1, -0.05) is 56.3 Å². The Morgan fingerprint density at radius 3 is 2.55 bits per heavy atom. The zero-order chi connectivity index (χ0) is 15.7. The lowest BCUT2D eigenvalue weighted by molar-refractivity contribution is -0.212. The van der Waals surface area contributed by atoms with Gasteiger partial charge >= 0.3 is 0 Å². The van der Waals surface area contributed by atoms with Gasteiger partial charge in [0, 0.05) is 0 Å². The van der Waals surface area contributed by atoms with Crippen LogP contribution in [0.1, 0.15) is 25.8 Å². The standard InChI is InChI=1S/C18H21NO3/c1-12(2)10-15-14-8-9-16(17(14)20)19(18(15)21)22-11-13-6-4-3-5-7-13/h3-9,12,14-16H,10-11H2,1-2H3. The number of fused-ring (bicyclic) bond motifs is 2. The molecule has 0 radical (unpaired) electrons. The molecule has 4 nitrogen and oxygen atoms in total. The van der Waals surface area contributed by atoms with Crippen molar-refractivity contribution in [2.24, 2.45) is 17.8 Å². The van der Waals surface area contributed by atoms with E-state index in [1.54, 1.807) is 6.08 Å². The Morgan fingerprint density at radius 1 is 1.14 bits per heavy atom. The minimum atomic E-state index is -0.551. The van der Waals surface area contributed by atoms with Crippen molar-refractivity contribution in [2.45, 2.75) is 32.9 Å². The summed E-state index contributed by atoms with van der Waals surface area (Å²) in [6.45, 7) is 4.43. The van der Waals surface area contributed by atoms with Gasteiger partial charge in [-0.15, -0.1) is 0 Å². The van der Waals surface area contributed by atoms with E-state index in [-0.39, 0.29) is 23.5 Å². The van der Waals surface area contributed by atoms with Crippen molar-refractivity contribution in [3.8, 4) is 0 Å². The summed E-state index contributed by atoms with van der Waals surface area (Å²) in [6.07, 6.45) is 4.39. The molecule has 2 aliphatic rings. The molecule has 3 unspecified atom stereocenters. The Hall–Kier alpha value is -1.94. The number of ketones is 1. The average Bonchev–Trinajstić information content (AvgIpc) is 2.80. The first kappa shape index (κ1) is 15.0. The normalized spacial score (nSPS) is 27.0. The SMILES string of the molecule is CC(C)CC1C(=O)N(OCc2ccccc2)C2C=CC1C2=O. The van der Waals surface area contributed by atoms with E-state index < -0.39 is 6.04 Å². The zero-order valence-electron chi connectivity index (χ0n) is 12.9. The number of rotatable bonds is 5. The van der Waals surface area contributed by atoms with Crippen LogP contribution in [0, 0.1) is 17.8 Å². The van der Waals surface area contributed by atoms with Gasteiger partial charge < -0.3 is 0 Å². The molecule has 4 heteroatoms. The predicted molar refractivity (Wildman–Crippen MR) is 82.4 cm³/mol. The summed E-state index contributed by atoms with van der Waals surface area (Å²) >= 11 is 0. The molecular formula is C18H21NO3. The van der Waals surface area contributed by atoms with E-state index in [1.165, 1.54) is 5.06 Å². The smallest absolute Gasteiger partial charge is 0.251 e. The van der Waals surface area contributed by atoms with Crippen molar-refractivity contribution in [1.29, 1.82) is 0 Å². The highest BCUT2D eigenvalue weighted by Gasteiger charge is 2.49. The molecule has 1 fully saturated rings. The van der Waals surface area contributed by atoms with Crippen LogP contribution in [0.3, 0.4) is 0 Å². The summed E-state index contributed by atoms with van der Waals surface area (Å²) in [7, 11) is 0. The third-order valence-corrected chi connectivity index (χ3v) is 4.28. The van der Waals surface area contributed by atoms with Gasteiger partial charge in [0.25, 0.3) is 5.91 Å². The molecule has 1 aromatic rings. The van der Waals surface area contributed by atoms with E-state index in [0.29, 0.717) is 18.9 Å². The zero-order valence-corrected chi connectivity index (χ0v) is 12.9. The summed E-state index contributed by atoms with van der Waals surface area (Å²) in [5.41, 5.74) is 0.979. The highest BCUT2D eigenvalue weighted by molar-refractivity contribution is 6.02. The van der Waals surface area contributed by atoms with Crippen molar-refractivity contribution >= 4 is 11.7 Å². The number of hydroxylamine groups is 2. The van der Waals surface area contributed by atoms with E-state index >= 15 is 0 Å². The first-order chi connectivity index (χ1) is 10.6. The largest absolute Gasteiger partial charge is 0.296 e. The monoisotopic (exact) mass is 299 g/mol.